The lowest BCUT2D eigenvalue weighted by Gasteiger charge is -2.27. The molecule has 4 nitrogen and oxygen atoms in total. The van der Waals surface area contributed by atoms with Crippen LogP contribution in [0.15, 0.2) is 0 Å². The molecule has 0 aromatic rings. The third kappa shape index (κ3) is 3.58. The van der Waals surface area contributed by atoms with Crippen LogP contribution in [0.25, 0.3) is 0 Å². The van der Waals surface area contributed by atoms with Crippen molar-refractivity contribution in [1.29, 1.82) is 0 Å². The van der Waals surface area contributed by atoms with Gasteiger partial charge in [-0.15, -0.1) is 0 Å². The Hall–Kier alpha value is -0.820. The minimum Gasteiger partial charge on any atom is -0.382 e. The van der Waals surface area contributed by atoms with Gasteiger partial charge in [-0.2, -0.15) is 13.2 Å². The largest absolute Gasteiger partial charge is 0.416 e. The third-order valence-electron chi connectivity index (χ3n) is 3.29. The SMILES string of the molecule is CCCC1(C(=O)NCC(O)C(F)(F)F)CCNC1. The van der Waals surface area contributed by atoms with Gasteiger partial charge < -0.3 is 15.7 Å². The Balaban J connectivity index is 2.53. The summed E-state index contributed by atoms with van der Waals surface area (Å²) in [6, 6.07) is 0. The van der Waals surface area contributed by atoms with Crippen molar-refractivity contribution >= 4 is 5.91 Å². The lowest BCUT2D eigenvalue weighted by Crippen LogP contribution is -2.47. The molecule has 1 rings (SSSR count). The van der Waals surface area contributed by atoms with Crippen LogP contribution < -0.4 is 10.6 Å². The topological polar surface area (TPSA) is 61.4 Å². The number of nitrogens with one attached hydrogen (secondary N) is 2. The minimum atomic E-state index is -4.70. The molecule has 18 heavy (non-hydrogen) atoms. The standard InChI is InChI=1S/C11H19F3N2O2/c1-2-3-10(4-5-15-7-10)9(18)16-6-8(17)11(12,13)14/h8,15,17H,2-7H2,1H3,(H,16,18). The zero-order valence-corrected chi connectivity index (χ0v) is 10.3. The summed E-state index contributed by atoms with van der Waals surface area (Å²) in [5, 5.41) is 14.1. The van der Waals surface area contributed by atoms with Gasteiger partial charge in [-0.3, -0.25) is 4.79 Å². The van der Waals surface area contributed by atoms with Crippen LogP contribution in [-0.2, 0) is 4.79 Å². The summed E-state index contributed by atoms with van der Waals surface area (Å²) < 4.78 is 36.3. The molecule has 0 bridgehead atoms. The van der Waals surface area contributed by atoms with Crippen LogP contribution in [0.1, 0.15) is 26.2 Å². The van der Waals surface area contributed by atoms with E-state index in [4.69, 9.17) is 5.11 Å². The quantitative estimate of drug-likeness (QED) is 0.691. The summed E-state index contributed by atoms with van der Waals surface area (Å²) in [4.78, 5) is 12.0. The zero-order chi connectivity index (χ0) is 13.8. The molecule has 1 saturated heterocycles. The highest BCUT2D eigenvalue weighted by molar-refractivity contribution is 5.83. The first-order chi connectivity index (χ1) is 8.32. The number of alkyl halides is 3. The van der Waals surface area contributed by atoms with E-state index in [0.29, 0.717) is 25.9 Å². The average Bonchev–Trinajstić information content (AvgIpc) is 2.74. The molecule has 2 unspecified atom stereocenters. The molecular formula is C11H19F3N2O2. The molecule has 1 aliphatic heterocycles. The number of carbonyl (C=O) groups is 1. The Morgan fingerprint density at radius 1 is 1.56 bits per heavy atom. The molecule has 3 N–H and O–H groups in total. The van der Waals surface area contributed by atoms with Gasteiger partial charge in [0.1, 0.15) is 0 Å². The molecule has 0 spiro atoms. The number of carbonyl (C=O) groups excluding carboxylic acids is 1. The Kier molecular flexibility index (Phi) is 4.98. The molecule has 7 heteroatoms. The third-order valence-corrected chi connectivity index (χ3v) is 3.29. The maximum absolute atomic E-state index is 12.1. The molecule has 0 aliphatic carbocycles. The van der Waals surface area contributed by atoms with Gasteiger partial charge in [0.25, 0.3) is 0 Å². The average molecular weight is 268 g/mol. The molecule has 0 saturated carbocycles. The predicted molar refractivity (Wildman–Crippen MR) is 59.9 cm³/mol. The van der Waals surface area contributed by atoms with Crippen LogP contribution in [-0.4, -0.2) is 42.9 Å². The van der Waals surface area contributed by atoms with Crippen LogP contribution >= 0.6 is 0 Å². The highest BCUT2D eigenvalue weighted by Gasteiger charge is 2.42. The number of halogens is 3. The summed E-state index contributed by atoms with van der Waals surface area (Å²) in [5.41, 5.74) is -0.625. The first kappa shape index (κ1) is 15.2. The van der Waals surface area contributed by atoms with E-state index >= 15 is 0 Å². The lowest BCUT2D eigenvalue weighted by molar-refractivity contribution is -0.202. The maximum Gasteiger partial charge on any atom is 0.416 e. The van der Waals surface area contributed by atoms with Gasteiger partial charge in [-0.25, -0.2) is 0 Å². The molecule has 2 atom stereocenters. The summed E-state index contributed by atoms with van der Waals surface area (Å²) in [6.45, 7) is 2.32. The Morgan fingerprint density at radius 3 is 2.67 bits per heavy atom. The van der Waals surface area contributed by atoms with Crippen LogP contribution in [0.4, 0.5) is 13.2 Å². The van der Waals surface area contributed by atoms with Crippen LogP contribution in [0.2, 0.25) is 0 Å². The molecular weight excluding hydrogens is 249 g/mol. The number of hydrogen-bond acceptors (Lipinski definition) is 3. The van der Waals surface area contributed by atoms with Crippen molar-refractivity contribution in [3.05, 3.63) is 0 Å². The van der Waals surface area contributed by atoms with E-state index in [1.165, 1.54) is 0 Å². The van der Waals surface area contributed by atoms with Crippen LogP contribution in [0.5, 0.6) is 0 Å². The molecule has 1 amide bonds. The number of rotatable bonds is 5. The van der Waals surface area contributed by atoms with E-state index in [-0.39, 0.29) is 0 Å². The second kappa shape index (κ2) is 5.88. The zero-order valence-electron chi connectivity index (χ0n) is 10.3. The van der Waals surface area contributed by atoms with Crippen molar-refractivity contribution in [2.24, 2.45) is 5.41 Å². The van der Waals surface area contributed by atoms with Gasteiger partial charge in [-0.05, 0) is 19.4 Å². The number of hydrogen-bond donors (Lipinski definition) is 3. The monoisotopic (exact) mass is 268 g/mol. The lowest BCUT2D eigenvalue weighted by atomic mass is 9.81. The highest BCUT2D eigenvalue weighted by atomic mass is 19.4. The van der Waals surface area contributed by atoms with Crippen molar-refractivity contribution in [1.82, 2.24) is 10.6 Å². The first-order valence-corrected chi connectivity index (χ1v) is 6.05. The number of aliphatic hydroxyl groups excluding tert-OH is 1. The Labute approximate surface area is 104 Å². The second-order valence-corrected chi connectivity index (χ2v) is 4.72. The summed E-state index contributed by atoms with van der Waals surface area (Å²) in [5.74, 6) is -0.405. The van der Waals surface area contributed by atoms with Gasteiger partial charge in [0, 0.05) is 6.54 Å². The van der Waals surface area contributed by atoms with Crippen LogP contribution in [0.3, 0.4) is 0 Å². The minimum absolute atomic E-state index is 0.405. The number of aliphatic hydroxyl groups is 1. The normalized spacial score (nSPS) is 26.1. The Morgan fingerprint density at radius 2 is 2.22 bits per heavy atom. The predicted octanol–water partition coefficient (Wildman–Crippen LogP) is 0.806. The second-order valence-electron chi connectivity index (χ2n) is 4.72. The van der Waals surface area contributed by atoms with Gasteiger partial charge in [-0.1, -0.05) is 13.3 Å². The molecule has 1 heterocycles. The highest BCUT2D eigenvalue weighted by Crippen LogP contribution is 2.31. The fraction of sp³-hybridized carbons (Fsp3) is 0.909. The van der Waals surface area contributed by atoms with Gasteiger partial charge >= 0.3 is 6.18 Å². The van der Waals surface area contributed by atoms with Crippen molar-refractivity contribution in [3.63, 3.8) is 0 Å². The summed E-state index contributed by atoms with van der Waals surface area (Å²) in [6.07, 6.45) is -5.16. The van der Waals surface area contributed by atoms with E-state index in [2.05, 4.69) is 10.6 Å². The molecule has 106 valence electrons. The van der Waals surface area contributed by atoms with E-state index < -0.39 is 30.1 Å². The number of amides is 1. The van der Waals surface area contributed by atoms with Crippen molar-refractivity contribution in [3.8, 4) is 0 Å². The molecule has 1 fully saturated rings. The fourth-order valence-corrected chi connectivity index (χ4v) is 2.24. The van der Waals surface area contributed by atoms with Gasteiger partial charge in [0.2, 0.25) is 5.91 Å². The summed E-state index contributed by atoms with van der Waals surface area (Å²) in [7, 11) is 0. The van der Waals surface area contributed by atoms with Crippen LogP contribution in [0, 0.1) is 5.41 Å². The molecule has 0 radical (unpaired) electrons. The van der Waals surface area contributed by atoms with E-state index in [1.807, 2.05) is 6.92 Å². The maximum atomic E-state index is 12.1. The van der Waals surface area contributed by atoms with Crippen molar-refractivity contribution in [2.75, 3.05) is 19.6 Å². The molecule has 0 aromatic carbocycles. The van der Waals surface area contributed by atoms with Gasteiger partial charge in [0.15, 0.2) is 6.10 Å². The van der Waals surface area contributed by atoms with E-state index in [9.17, 15) is 18.0 Å². The van der Waals surface area contributed by atoms with Crippen molar-refractivity contribution < 1.29 is 23.1 Å². The molecule has 1 aliphatic rings. The smallest absolute Gasteiger partial charge is 0.382 e. The Bertz CT molecular complexity index is 289. The molecule has 0 aromatic heterocycles. The van der Waals surface area contributed by atoms with Gasteiger partial charge in [0.05, 0.1) is 12.0 Å². The fourth-order valence-electron chi connectivity index (χ4n) is 2.24. The summed E-state index contributed by atoms with van der Waals surface area (Å²) >= 11 is 0. The first-order valence-electron chi connectivity index (χ1n) is 6.05. The van der Waals surface area contributed by atoms with Crippen molar-refractivity contribution in [2.45, 2.75) is 38.5 Å². The van der Waals surface area contributed by atoms with E-state index in [1.54, 1.807) is 0 Å². The van der Waals surface area contributed by atoms with E-state index in [0.717, 1.165) is 6.42 Å².